The molecule has 0 atom stereocenters. The minimum atomic E-state index is -0.680. The molecule has 1 amide bonds. The number of aromatic nitrogens is 2. The van der Waals surface area contributed by atoms with Crippen LogP contribution in [-0.4, -0.2) is 34.2 Å². The third-order valence-electron chi connectivity index (χ3n) is 6.42. The highest BCUT2D eigenvalue weighted by Crippen LogP contribution is 2.28. The molecule has 0 spiro atoms. The molecule has 0 saturated carbocycles. The van der Waals surface area contributed by atoms with Crippen molar-refractivity contribution in [3.63, 3.8) is 0 Å². The summed E-state index contributed by atoms with van der Waals surface area (Å²) in [4.78, 5) is 30.9. The van der Waals surface area contributed by atoms with Crippen molar-refractivity contribution >= 4 is 28.6 Å². The predicted octanol–water partition coefficient (Wildman–Crippen LogP) is 5.64. The Kier molecular flexibility index (Phi) is 7.80. The molecule has 0 bridgehead atoms. The lowest BCUT2D eigenvalue weighted by atomic mass is 10.0. The van der Waals surface area contributed by atoms with Crippen LogP contribution in [0.25, 0.3) is 16.6 Å². The van der Waals surface area contributed by atoms with Crippen molar-refractivity contribution in [3.8, 4) is 11.1 Å². The number of amides is 1. The van der Waals surface area contributed by atoms with E-state index < -0.39 is 11.7 Å². The van der Waals surface area contributed by atoms with Gasteiger partial charge in [0.15, 0.2) is 0 Å². The molecule has 0 unspecified atom stereocenters. The number of aryl methyl sites for hydroxylation is 2. The summed E-state index contributed by atoms with van der Waals surface area (Å²) in [7, 11) is 0. The zero-order valence-corrected chi connectivity index (χ0v) is 22.1. The first-order valence-corrected chi connectivity index (χ1v) is 13.0. The smallest absolute Gasteiger partial charge is 0.298 e. The number of carbonyl (C=O) groups is 2. The minimum Gasteiger partial charge on any atom is -0.384 e. The molecule has 196 valence electrons. The number of benzene rings is 2. The van der Waals surface area contributed by atoms with Gasteiger partial charge in [0.25, 0.3) is 11.7 Å². The average molecular weight is 518 g/mol. The molecule has 5 aromatic rings. The van der Waals surface area contributed by atoms with Gasteiger partial charge < -0.3 is 20.4 Å². The van der Waals surface area contributed by atoms with Crippen LogP contribution in [0.1, 0.15) is 27.4 Å². The Morgan fingerprint density at radius 3 is 2.33 bits per heavy atom. The Balaban J connectivity index is 1.19. The molecule has 0 aliphatic heterocycles. The first-order valence-electron chi connectivity index (χ1n) is 13.0. The summed E-state index contributed by atoms with van der Waals surface area (Å²) >= 11 is 0. The number of hydrogen-bond donors (Lipinski definition) is 3. The van der Waals surface area contributed by atoms with Gasteiger partial charge in [0.1, 0.15) is 5.69 Å². The zero-order valence-electron chi connectivity index (χ0n) is 22.1. The summed E-state index contributed by atoms with van der Waals surface area (Å²) in [6, 6.07) is 28.7. The molecular formula is C32H31N5O2. The maximum Gasteiger partial charge on any atom is 0.298 e. The molecule has 7 heteroatoms. The Bertz CT molecular complexity index is 1590. The molecule has 3 N–H and O–H groups in total. The summed E-state index contributed by atoms with van der Waals surface area (Å²) in [6.45, 7) is 6.30. The highest BCUT2D eigenvalue weighted by Gasteiger charge is 2.24. The van der Waals surface area contributed by atoms with E-state index in [1.165, 1.54) is 5.56 Å². The summed E-state index contributed by atoms with van der Waals surface area (Å²) in [6.07, 6.45) is 1.80. The summed E-state index contributed by atoms with van der Waals surface area (Å²) in [5.41, 5.74) is 7.55. The maximum absolute atomic E-state index is 13.4. The second-order valence-electron chi connectivity index (χ2n) is 9.51. The van der Waals surface area contributed by atoms with Gasteiger partial charge in [-0.05, 0) is 79.6 Å². The third-order valence-corrected chi connectivity index (χ3v) is 6.42. The van der Waals surface area contributed by atoms with Gasteiger partial charge in [-0.2, -0.15) is 0 Å². The lowest BCUT2D eigenvalue weighted by Gasteiger charge is -2.10. The zero-order chi connectivity index (χ0) is 27.2. The summed E-state index contributed by atoms with van der Waals surface area (Å²) in [5.74, 6) is -1.27. The normalized spacial score (nSPS) is 10.9. The van der Waals surface area contributed by atoms with Gasteiger partial charge in [-0.1, -0.05) is 36.4 Å². The van der Waals surface area contributed by atoms with Crippen molar-refractivity contribution in [1.82, 2.24) is 14.7 Å². The molecule has 5 rings (SSSR count). The van der Waals surface area contributed by atoms with Gasteiger partial charge in [-0.25, -0.2) is 0 Å². The lowest BCUT2D eigenvalue weighted by molar-refractivity contribution is -0.112. The SMILES string of the molecule is Cc1cc(C)nc(CNCCNc2ccc(NC(=O)C(=O)c3c(-c4ccccc4)cc4ccccn34)cc2)c1. The lowest BCUT2D eigenvalue weighted by Crippen LogP contribution is -2.24. The van der Waals surface area contributed by atoms with E-state index >= 15 is 0 Å². The van der Waals surface area contributed by atoms with E-state index in [0.29, 0.717) is 17.9 Å². The molecule has 0 saturated heterocycles. The number of Topliss-reactive ketones (excluding diaryl/α,β-unsaturated/α-hetero) is 1. The number of nitrogens with zero attached hydrogens (tertiary/aromatic N) is 2. The molecule has 2 aromatic carbocycles. The first kappa shape index (κ1) is 25.9. The largest absolute Gasteiger partial charge is 0.384 e. The molecule has 7 nitrogen and oxygen atoms in total. The number of fused-ring (bicyclic) bond motifs is 1. The molecule has 0 radical (unpaired) electrons. The summed E-state index contributed by atoms with van der Waals surface area (Å²) in [5, 5.41) is 9.51. The van der Waals surface area contributed by atoms with Crippen LogP contribution in [0.15, 0.2) is 97.2 Å². The van der Waals surface area contributed by atoms with Gasteiger partial charge >= 0.3 is 0 Å². The number of carbonyl (C=O) groups excluding carboxylic acids is 2. The minimum absolute atomic E-state index is 0.344. The number of anilines is 2. The Morgan fingerprint density at radius 2 is 1.56 bits per heavy atom. The van der Waals surface area contributed by atoms with Crippen molar-refractivity contribution < 1.29 is 9.59 Å². The van der Waals surface area contributed by atoms with Crippen LogP contribution in [0.5, 0.6) is 0 Å². The van der Waals surface area contributed by atoms with Gasteiger partial charge in [-0.15, -0.1) is 0 Å². The summed E-state index contributed by atoms with van der Waals surface area (Å²) < 4.78 is 1.77. The Morgan fingerprint density at radius 1 is 0.821 bits per heavy atom. The molecular weight excluding hydrogens is 486 g/mol. The second kappa shape index (κ2) is 11.8. The quantitative estimate of drug-likeness (QED) is 0.127. The number of pyridine rings is 2. The van der Waals surface area contributed by atoms with Crippen LogP contribution in [-0.2, 0) is 11.3 Å². The second-order valence-corrected chi connectivity index (χ2v) is 9.51. The predicted molar refractivity (Wildman–Crippen MR) is 156 cm³/mol. The Hall–Kier alpha value is -4.75. The number of ketones is 1. The monoisotopic (exact) mass is 517 g/mol. The van der Waals surface area contributed by atoms with Crippen molar-refractivity contribution in [2.45, 2.75) is 20.4 Å². The topological polar surface area (TPSA) is 87.5 Å². The van der Waals surface area contributed by atoms with Crippen LogP contribution < -0.4 is 16.0 Å². The molecule has 3 heterocycles. The van der Waals surface area contributed by atoms with Crippen LogP contribution in [0.3, 0.4) is 0 Å². The number of nitrogens with one attached hydrogen (secondary N) is 3. The van der Waals surface area contributed by atoms with Crippen LogP contribution in [0.4, 0.5) is 11.4 Å². The van der Waals surface area contributed by atoms with E-state index in [1.807, 2.05) is 73.7 Å². The molecule has 0 aliphatic rings. The highest BCUT2D eigenvalue weighted by molar-refractivity contribution is 6.47. The standard InChI is InChI=1S/C32H31N5O2/c1-22-18-23(2)35-27(19-22)21-33-15-16-34-25-11-13-26(14-12-25)36-32(39)31(38)30-29(24-8-4-3-5-9-24)20-28-10-6-7-17-37(28)30/h3-14,17-20,33-34H,15-16,21H2,1-2H3,(H,36,39). The molecule has 0 aliphatic carbocycles. The van der Waals surface area contributed by atoms with E-state index in [1.54, 1.807) is 22.7 Å². The van der Waals surface area contributed by atoms with E-state index in [9.17, 15) is 9.59 Å². The van der Waals surface area contributed by atoms with Crippen molar-refractivity contribution in [1.29, 1.82) is 0 Å². The van der Waals surface area contributed by atoms with Gasteiger partial charge in [0, 0.05) is 54.0 Å². The van der Waals surface area contributed by atoms with Crippen LogP contribution in [0.2, 0.25) is 0 Å². The highest BCUT2D eigenvalue weighted by atomic mass is 16.2. The molecule has 3 aromatic heterocycles. The van der Waals surface area contributed by atoms with Crippen molar-refractivity contribution in [3.05, 3.63) is 120 Å². The van der Waals surface area contributed by atoms with Crippen LogP contribution >= 0.6 is 0 Å². The fourth-order valence-corrected chi connectivity index (χ4v) is 4.69. The van der Waals surface area contributed by atoms with E-state index in [4.69, 9.17) is 0 Å². The fraction of sp³-hybridized carbons (Fsp3) is 0.156. The van der Waals surface area contributed by atoms with Gasteiger partial charge in [-0.3, -0.25) is 14.6 Å². The number of hydrogen-bond acceptors (Lipinski definition) is 5. The van der Waals surface area contributed by atoms with E-state index in [-0.39, 0.29) is 0 Å². The first-order chi connectivity index (χ1) is 19.0. The maximum atomic E-state index is 13.4. The number of rotatable bonds is 10. The van der Waals surface area contributed by atoms with E-state index in [2.05, 4.69) is 40.0 Å². The average Bonchev–Trinajstić information content (AvgIpc) is 3.33. The molecule has 0 fully saturated rings. The molecule has 39 heavy (non-hydrogen) atoms. The van der Waals surface area contributed by atoms with Crippen molar-refractivity contribution in [2.75, 3.05) is 23.7 Å². The van der Waals surface area contributed by atoms with E-state index in [0.717, 1.165) is 46.8 Å². The Labute approximate surface area is 227 Å². The third kappa shape index (κ3) is 6.22. The van der Waals surface area contributed by atoms with Crippen LogP contribution in [0, 0.1) is 13.8 Å². The fourth-order valence-electron chi connectivity index (χ4n) is 4.69. The van der Waals surface area contributed by atoms with Crippen molar-refractivity contribution in [2.24, 2.45) is 0 Å². The van der Waals surface area contributed by atoms with Gasteiger partial charge in [0.05, 0.1) is 5.69 Å². The van der Waals surface area contributed by atoms with Gasteiger partial charge in [0.2, 0.25) is 0 Å².